The Morgan fingerprint density at radius 3 is 2.57 bits per heavy atom. The molecule has 0 saturated carbocycles. The van der Waals surface area contributed by atoms with E-state index in [0.29, 0.717) is 0 Å². The van der Waals surface area contributed by atoms with E-state index in [1.807, 2.05) is 5.32 Å². The van der Waals surface area contributed by atoms with Crippen molar-refractivity contribution in [2.24, 2.45) is 0 Å². The fourth-order valence-corrected chi connectivity index (χ4v) is 1.04. The Bertz CT molecular complexity index is 341. The zero-order valence-corrected chi connectivity index (χ0v) is 7.98. The van der Waals surface area contributed by atoms with Gasteiger partial charge < -0.3 is 5.32 Å². The van der Waals surface area contributed by atoms with Crippen LogP contribution in [0, 0.1) is 0 Å². The van der Waals surface area contributed by atoms with Gasteiger partial charge in [-0.25, -0.2) is 9.97 Å². The van der Waals surface area contributed by atoms with Crippen LogP contribution in [0.5, 0.6) is 0 Å². The predicted molar refractivity (Wildman–Crippen MR) is 46.7 cm³/mol. The number of carbonyl (C=O) groups excluding carboxylic acids is 1. The van der Waals surface area contributed by atoms with Gasteiger partial charge in [0.2, 0.25) is 5.28 Å². The SMILES string of the molecule is O=C(Nc1cc(Cl)nc(Cl)n1)C(F)F. The first-order chi connectivity index (χ1) is 6.49. The number of anilines is 1. The maximum Gasteiger partial charge on any atom is 0.315 e. The van der Waals surface area contributed by atoms with E-state index < -0.39 is 12.3 Å². The maximum atomic E-state index is 11.8. The zero-order valence-electron chi connectivity index (χ0n) is 6.47. The number of alkyl halides is 2. The first-order valence-electron chi connectivity index (χ1n) is 3.28. The van der Waals surface area contributed by atoms with Crippen LogP contribution in [0.15, 0.2) is 6.07 Å². The molecule has 0 spiro atoms. The number of hydrogen-bond acceptors (Lipinski definition) is 3. The first-order valence-corrected chi connectivity index (χ1v) is 4.03. The number of nitrogens with one attached hydrogen (secondary N) is 1. The van der Waals surface area contributed by atoms with Crippen molar-refractivity contribution in [2.75, 3.05) is 5.32 Å². The van der Waals surface area contributed by atoms with Gasteiger partial charge in [-0.1, -0.05) is 11.6 Å². The topological polar surface area (TPSA) is 54.9 Å². The van der Waals surface area contributed by atoms with E-state index in [0.717, 1.165) is 6.07 Å². The minimum absolute atomic E-state index is 0.0467. The summed E-state index contributed by atoms with van der Waals surface area (Å²) in [6.07, 6.45) is -3.12. The lowest BCUT2D eigenvalue weighted by atomic mass is 10.5. The lowest BCUT2D eigenvalue weighted by Gasteiger charge is -2.03. The van der Waals surface area contributed by atoms with Crippen molar-refractivity contribution in [1.29, 1.82) is 0 Å². The lowest BCUT2D eigenvalue weighted by molar-refractivity contribution is -0.126. The second kappa shape index (κ2) is 4.47. The van der Waals surface area contributed by atoms with E-state index >= 15 is 0 Å². The summed E-state index contributed by atoms with van der Waals surface area (Å²) < 4.78 is 23.6. The molecule has 0 aliphatic rings. The number of halogens is 4. The van der Waals surface area contributed by atoms with Crippen molar-refractivity contribution in [1.82, 2.24) is 9.97 Å². The molecule has 8 heteroatoms. The summed E-state index contributed by atoms with van der Waals surface area (Å²) in [6, 6.07) is 1.10. The summed E-state index contributed by atoms with van der Waals surface area (Å²) in [7, 11) is 0. The molecule has 1 aromatic heterocycles. The molecule has 0 atom stereocenters. The highest BCUT2D eigenvalue weighted by Gasteiger charge is 2.16. The molecule has 1 N–H and O–H groups in total. The average Bonchev–Trinajstić information content (AvgIpc) is 2.01. The normalized spacial score (nSPS) is 10.4. The molecule has 0 saturated heterocycles. The minimum Gasteiger partial charge on any atom is -0.306 e. The predicted octanol–water partition coefficient (Wildman–Crippen LogP) is 1.99. The molecule has 0 aliphatic carbocycles. The molecule has 0 fully saturated rings. The van der Waals surface area contributed by atoms with Gasteiger partial charge in [0.1, 0.15) is 11.0 Å². The molecule has 1 rings (SSSR count). The van der Waals surface area contributed by atoms with Crippen molar-refractivity contribution < 1.29 is 13.6 Å². The van der Waals surface area contributed by atoms with Crippen molar-refractivity contribution in [3.05, 3.63) is 16.5 Å². The van der Waals surface area contributed by atoms with Crippen LogP contribution >= 0.6 is 23.2 Å². The van der Waals surface area contributed by atoms with Gasteiger partial charge in [-0.15, -0.1) is 0 Å². The van der Waals surface area contributed by atoms with Crippen LogP contribution in [-0.4, -0.2) is 22.3 Å². The highest BCUT2D eigenvalue weighted by atomic mass is 35.5. The van der Waals surface area contributed by atoms with E-state index in [1.165, 1.54) is 0 Å². The third-order valence-electron chi connectivity index (χ3n) is 1.12. The molecular formula is C6H3Cl2F2N3O. The number of nitrogens with zero attached hydrogens (tertiary/aromatic N) is 2. The summed E-state index contributed by atoms with van der Waals surface area (Å²) in [6.45, 7) is 0. The van der Waals surface area contributed by atoms with Crippen molar-refractivity contribution in [2.45, 2.75) is 6.43 Å². The van der Waals surface area contributed by atoms with Gasteiger partial charge in [-0.3, -0.25) is 4.79 Å². The van der Waals surface area contributed by atoms with Crippen molar-refractivity contribution >= 4 is 34.9 Å². The van der Waals surface area contributed by atoms with Gasteiger partial charge in [0, 0.05) is 6.07 Å². The van der Waals surface area contributed by atoms with Crippen molar-refractivity contribution in [3.63, 3.8) is 0 Å². The standard InChI is InChI=1S/C6H3Cl2F2N3O/c7-2-1-3(13-6(8)11-2)12-5(14)4(9)10/h1,4H,(H,11,12,13,14). The number of hydrogen-bond donors (Lipinski definition) is 1. The van der Waals surface area contributed by atoms with Crippen LogP contribution in [-0.2, 0) is 4.79 Å². The fraction of sp³-hybridized carbons (Fsp3) is 0.167. The highest BCUT2D eigenvalue weighted by molar-refractivity contribution is 6.32. The van der Waals surface area contributed by atoms with Crippen LogP contribution in [0.4, 0.5) is 14.6 Å². The Morgan fingerprint density at radius 2 is 2.07 bits per heavy atom. The smallest absolute Gasteiger partial charge is 0.306 e. The third-order valence-corrected chi connectivity index (χ3v) is 1.48. The molecule has 0 unspecified atom stereocenters. The summed E-state index contributed by atoms with van der Waals surface area (Å²) >= 11 is 10.8. The Morgan fingerprint density at radius 1 is 1.43 bits per heavy atom. The number of rotatable bonds is 2. The molecule has 4 nitrogen and oxygen atoms in total. The Kier molecular flexibility index (Phi) is 3.54. The van der Waals surface area contributed by atoms with Gasteiger partial charge in [-0.2, -0.15) is 8.78 Å². The molecular weight excluding hydrogens is 239 g/mol. The van der Waals surface area contributed by atoms with E-state index in [4.69, 9.17) is 23.2 Å². The summed E-state index contributed by atoms with van der Waals surface area (Å²) in [5.74, 6) is -1.64. The molecule has 0 aromatic carbocycles. The van der Waals surface area contributed by atoms with Crippen LogP contribution < -0.4 is 5.32 Å². The second-order valence-electron chi connectivity index (χ2n) is 2.13. The number of amides is 1. The average molecular weight is 242 g/mol. The summed E-state index contributed by atoms with van der Waals surface area (Å²) in [4.78, 5) is 17.5. The van der Waals surface area contributed by atoms with Crippen LogP contribution in [0.25, 0.3) is 0 Å². The summed E-state index contributed by atoms with van der Waals surface area (Å²) in [5.41, 5.74) is 0. The van der Waals surface area contributed by atoms with Gasteiger partial charge in [0.25, 0.3) is 5.91 Å². The summed E-state index contributed by atoms with van der Waals surface area (Å²) in [5, 5.41) is 1.53. The molecule has 0 aliphatic heterocycles. The highest BCUT2D eigenvalue weighted by Crippen LogP contribution is 2.14. The van der Waals surface area contributed by atoms with Crippen LogP contribution in [0.1, 0.15) is 0 Å². The number of aromatic nitrogens is 2. The largest absolute Gasteiger partial charge is 0.315 e. The monoisotopic (exact) mass is 241 g/mol. The Balaban J connectivity index is 2.82. The van der Waals surface area contributed by atoms with E-state index in [2.05, 4.69) is 9.97 Å². The van der Waals surface area contributed by atoms with Gasteiger partial charge in [-0.05, 0) is 11.6 Å². The zero-order chi connectivity index (χ0) is 10.7. The minimum atomic E-state index is -3.12. The third kappa shape index (κ3) is 3.04. The van der Waals surface area contributed by atoms with Gasteiger partial charge in [0.05, 0.1) is 0 Å². The van der Waals surface area contributed by atoms with E-state index in [1.54, 1.807) is 0 Å². The van der Waals surface area contributed by atoms with Crippen LogP contribution in [0.3, 0.4) is 0 Å². The van der Waals surface area contributed by atoms with Gasteiger partial charge in [0.15, 0.2) is 0 Å². The second-order valence-corrected chi connectivity index (χ2v) is 2.86. The van der Waals surface area contributed by atoms with E-state index in [9.17, 15) is 13.6 Å². The molecule has 1 heterocycles. The molecule has 0 bridgehead atoms. The lowest BCUT2D eigenvalue weighted by Crippen LogP contribution is -2.20. The first kappa shape index (κ1) is 11.1. The molecule has 76 valence electrons. The molecule has 0 radical (unpaired) electrons. The van der Waals surface area contributed by atoms with Crippen molar-refractivity contribution in [3.8, 4) is 0 Å². The molecule has 1 amide bonds. The number of carbonyl (C=O) groups is 1. The Labute approximate surface area is 87.2 Å². The van der Waals surface area contributed by atoms with Crippen LogP contribution in [0.2, 0.25) is 10.4 Å². The van der Waals surface area contributed by atoms with Gasteiger partial charge >= 0.3 is 6.43 Å². The Hall–Kier alpha value is -1.01. The maximum absolute atomic E-state index is 11.8. The molecule has 1 aromatic rings. The molecule has 14 heavy (non-hydrogen) atoms. The quantitative estimate of drug-likeness (QED) is 0.637. The van der Waals surface area contributed by atoms with E-state index in [-0.39, 0.29) is 16.3 Å². The fourth-order valence-electron chi connectivity index (χ4n) is 0.635.